The topological polar surface area (TPSA) is 61.6 Å². The number of hydrogen-bond acceptors (Lipinski definition) is 2. The van der Waals surface area contributed by atoms with Crippen molar-refractivity contribution in [1.29, 1.82) is 0 Å². The Balaban J connectivity index is 2.12. The molecule has 0 radical (unpaired) electrons. The third kappa shape index (κ3) is 2.35. The Labute approximate surface area is 131 Å². The summed E-state index contributed by atoms with van der Waals surface area (Å²) < 4.78 is 3.95. The zero-order valence-electron chi connectivity index (χ0n) is 10.8. The molecule has 3 rings (SSSR count). The van der Waals surface area contributed by atoms with Crippen molar-refractivity contribution < 1.29 is 18.4 Å². The second-order valence-electron chi connectivity index (χ2n) is 5.26. The first-order chi connectivity index (χ1) is 9.51. The number of rotatable bonds is 2. The molecule has 2 aromatic heterocycles. The molecule has 0 saturated heterocycles. The number of carboxylic acids is 1. The molecule has 6 heteroatoms. The van der Waals surface area contributed by atoms with Crippen molar-refractivity contribution in [2.24, 2.45) is 0 Å². The van der Waals surface area contributed by atoms with Gasteiger partial charge in [0.15, 0.2) is 0 Å². The van der Waals surface area contributed by atoms with Crippen molar-refractivity contribution in [3.8, 4) is 0 Å². The van der Waals surface area contributed by atoms with Gasteiger partial charge in [0.25, 0.3) is 0 Å². The number of aromatic carboxylic acids is 1. The SMILES string of the molecule is O=C(O)c1ccc2c(Br)c(C3(O)CCCCC3)[se][n+]2c1. The van der Waals surface area contributed by atoms with E-state index in [0.29, 0.717) is 0 Å². The molecule has 0 amide bonds. The van der Waals surface area contributed by atoms with Crippen LogP contribution in [0.2, 0.25) is 0 Å². The summed E-state index contributed by atoms with van der Waals surface area (Å²) in [5.74, 6) is -0.919. The summed E-state index contributed by atoms with van der Waals surface area (Å²) >= 11 is 3.53. The van der Waals surface area contributed by atoms with Gasteiger partial charge in [0.2, 0.25) is 0 Å². The third-order valence-corrected chi connectivity index (χ3v) is 7.93. The van der Waals surface area contributed by atoms with E-state index in [-0.39, 0.29) is 20.3 Å². The van der Waals surface area contributed by atoms with E-state index < -0.39 is 11.6 Å². The van der Waals surface area contributed by atoms with Crippen molar-refractivity contribution in [3.05, 3.63) is 32.8 Å². The molecule has 1 fully saturated rings. The van der Waals surface area contributed by atoms with Gasteiger partial charge in [-0.25, -0.2) is 0 Å². The fraction of sp³-hybridized carbons (Fsp3) is 0.429. The van der Waals surface area contributed by atoms with Gasteiger partial charge in [-0.1, -0.05) is 0 Å². The number of pyridine rings is 1. The summed E-state index contributed by atoms with van der Waals surface area (Å²) in [5.41, 5.74) is 0.531. The molecule has 20 heavy (non-hydrogen) atoms. The standard InChI is InChI=1S/C14H14BrNO3Se/c15-11-10-5-4-9(13(17)18)8-16(10)20-12(11)14(19)6-2-1-3-7-14/h4-5,8,19H,1-3,6-7H2/p+1. The summed E-state index contributed by atoms with van der Waals surface area (Å²) in [6.07, 6.45) is 6.57. The van der Waals surface area contributed by atoms with Crippen molar-refractivity contribution in [2.75, 3.05) is 0 Å². The Morgan fingerprint density at radius 1 is 1.30 bits per heavy atom. The number of aliphatic hydroxyl groups is 1. The molecule has 1 saturated carbocycles. The van der Waals surface area contributed by atoms with E-state index in [0.717, 1.165) is 40.1 Å². The van der Waals surface area contributed by atoms with E-state index in [2.05, 4.69) is 15.9 Å². The van der Waals surface area contributed by atoms with Gasteiger partial charge >= 0.3 is 131 Å². The molecule has 0 bridgehead atoms. The van der Waals surface area contributed by atoms with Crippen molar-refractivity contribution in [3.63, 3.8) is 0 Å². The van der Waals surface area contributed by atoms with Crippen LogP contribution in [-0.2, 0) is 5.60 Å². The number of nitrogens with zero attached hydrogens (tertiary/aromatic N) is 1. The second-order valence-corrected chi connectivity index (χ2v) is 8.12. The fourth-order valence-electron chi connectivity index (χ4n) is 2.76. The van der Waals surface area contributed by atoms with Crippen LogP contribution in [0.25, 0.3) is 5.52 Å². The van der Waals surface area contributed by atoms with Gasteiger partial charge in [-0.2, -0.15) is 0 Å². The summed E-state index contributed by atoms with van der Waals surface area (Å²) in [4.78, 5) is 11.0. The Kier molecular flexibility index (Phi) is 3.75. The molecule has 0 spiro atoms. The summed E-state index contributed by atoms with van der Waals surface area (Å²) in [6.45, 7) is 0. The average molecular weight is 404 g/mol. The summed E-state index contributed by atoms with van der Waals surface area (Å²) in [5, 5.41) is 20.0. The minimum atomic E-state index is -0.919. The molecule has 4 nitrogen and oxygen atoms in total. The van der Waals surface area contributed by atoms with Gasteiger partial charge in [0, 0.05) is 0 Å². The molecule has 1 aliphatic carbocycles. The average Bonchev–Trinajstić information content (AvgIpc) is 2.77. The number of aromatic nitrogens is 1. The van der Waals surface area contributed by atoms with Crippen LogP contribution in [0.15, 0.2) is 22.8 Å². The van der Waals surface area contributed by atoms with Crippen molar-refractivity contribution in [2.45, 2.75) is 37.7 Å². The van der Waals surface area contributed by atoms with Crippen LogP contribution in [-0.4, -0.2) is 30.9 Å². The number of carboxylic acid groups (broad SMARTS) is 1. The van der Waals surface area contributed by atoms with Gasteiger partial charge in [-0.05, 0) is 0 Å². The molecule has 106 valence electrons. The molecule has 0 atom stereocenters. The Hall–Kier alpha value is -0.681. The quantitative estimate of drug-likeness (QED) is 0.754. The van der Waals surface area contributed by atoms with Crippen molar-refractivity contribution >= 4 is 42.1 Å². The van der Waals surface area contributed by atoms with Crippen LogP contribution >= 0.6 is 15.9 Å². The van der Waals surface area contributed by atoms with E-state index in [1.807, 2.05) is 9.46 Å². The number of carbonyl (C=O) groups is 1. The van der Waals surface area contributed by atoms with Gasteiger partial charge < -0.3 is 0 Å². The molecule has 1 aliphatic rings. The fourth-order valence-corrected chi connectivity index (χ4v) is 6.55. The van der Waals surface area contributed by atoms with Gasteiger partial charge in [-0.15, -0.1) is 0 Å². The molecular weight excluding hydrogens is 389 g/mol. The first-order valence-electron chi connectivity index (χ1n) is 6.62. The van der Waals surface area contributed by atoms with Crippen LogP contribution in [0.5, 0.6) is 0 Å². The predicted octanol–water partition coefficient (Wildman–Crippen LogP) is 2.09. The predicted molar refractivity (Wildman–Crippen MR) is 78.2 cm³/mol. The maximum absolute atomic E-state index is 11.0. The number of fused-ring (bicyclic) bond motifs is 1. The molecule has 0 unspecified atom stereocenters. The van der Waals surface area contributed by atoms with Gasteiger partial charge in [0.05, 0.1) is 0 Å². The molecular formula is C14H15BrNO3Se+. The van der Waals surface area contributed by atoms with Crippen LogP contribution in [0.3, 0.4) is 0 Å². The molecule has 2 heterocycles. The van der Waals surface area contributed by atoms with E-state index in [1.165, 1.54) is 6.42 Å². The first-order valence-corrected chi connectivity index (χ1v) is 9.03. The van der Waals surface area contributed by atoms with Gasteiger partial charge in [-0.3, -0.25) is 0 Å². The number of hydrogen-bond donors (Lipinski definition) is 2. The van der Waals surface area contributed by atoms with Crippen molar-refractivity contribution in [1.82, 2.24) is 0 Å². The first kappa shape index (κ1) is 14.3. The Bertz CT molecular complexity index is 676. The third-order valence-electron chi connectivity index (χ3n) is 3.88. The number of halogens is 1. The van der Waals surface area contributed by atoms with Crippen LogP contribution < -0.4 is 3.40 Å². The Morgan fingerprint density at radius 2 is 2.00 bits per heavy atom. The summed E-state index contributed by atoms with van der Waals surface area (Å²) in [6, 6.07) is 3.42. The van der Waals surface area contributed by atoms with Crippen LogP contribution in [0, 0.1) is 0 Å². The maximum atomic E-state index is 11.0. The van der Waals surface area contributed by atoms with E-state index in [4.69, 9.17) is 5.11 Å². The molecule has 2 aromatic rings. The molecule has 0 aliphatic heterocycles. The summed E-state index contributed by atoms with van der Waals surface area (Å²) in [7, 11) is 0. The second kappa shape index (κ2) is 5.26. The van der Waals surface area contributed by atoms with E-state index in [9.17, 15) is 9.90 Å². The van der Waals surface area contributed by atoms with Crippen LogP contribution in [0.1, 0.15) is 46.9 Å². The zero-order chi connectivity index (χ0) is 14.3. The van der Waals surface area contributed by atoms with Gasteiger partial charge in [0.1, 0.15) is 0 Å². The van der Waals surface area contributed by atoms with E-state index >= 15 is 0 Å². The minimum absolute atomic E-state index is 0.0777. The van der Waals surface area contributed by atoms with E-state index in [1.54, 1.807) is 12.3 Å². The monoisotopic (exact) mass is 404 g/mol. The normalized spacial score (nSPS) is 18.3. The molecule has 0 aromatic carbocycles. The zero-order valence-corrected chi connectivity index (χ0v) is 14.1. The molecule has 2 N–H and O–H groups in total. The van der Waals surface area contributed by atoms with Crippen LogP contribution in [0.4, 0.5) is 0 Å². The Morgan fingerprint density at radius 3 is 2.65 bits per heavy atom.